The molecule has 0 N–H and O–H groups in total. The Morgan fingerprint density at radius 2 is 0.875 bits per heavy atom. The number of hydrogen-bond acceptors (Lipinski definition) is 7. The minimum Gasteiger partial charge on any atom is -0.455 e. The average Bonchev–Trinajstić information content (AvgIpc) is 3.85. The molecule has 0 bridgehead atoms. The van der Waals surface area contributed by atoms with Gasteiger partial charge in [-0.05, 0) is 47.5 Å². The summed E-state index contributed by atoms with van der Waals surface area (Å²) < 4.78 is 13.1. The molecule has 4 aromatic heterocycles. The molecule has 56 heavy (non-hydrogen) atoms. The Bertz CT molecular complexity index is 3250. The number of benzene rings is 7. The molecule has 11 rings (SSSR count). The Labute approximate surface area is 320 Å². The monoisotopic (exact) mass is 719 g/mol. The number of nitrogens with zero attached hydrogens (tertiary/aromatic N) is 5. The molecule has 0 fully saturated rings. The van der Waals surface area contributed by atoms with Crippen molar-refractivity contribution >= 4 is 44.0 Å². The van der Waals surface area contributed by atoms with Crippen LogP contribution in [0, 0.1) is 0 Å². The summed E-state index contributed by atoms with van der Waals surface area (Å²) in [4.78, 5) is 25.3. The molecule has 0 aliphatic carbocycles. The lowest BCUT2D eigenvalue weighted by atomic mass is 10.0. The highest BCUT2D eigenvalue weighted by molar-refractivity contribution is 6.10. The summed E-state index contributed by atoms with van der Waals surface area (Å²) in [5.41, 5.74) is 10.9. The van der Waals surface area contributed by atoms with E-state index in [1.54, 1.807) is 0 Å². The van der Waals surface area contributed by atoms with Gasteiger partial charge in [-0.2, -0.15) is 0 Å². The Kier molecular flexibility index (Phi) is 7.35. The highest BCUT2D eigenvalue weighted by Crippen LogP contribution is 2.39. The normalized spacial score (nSPS) is 11.6. The topological polar surface area (TPSA) is 90.7 Å². The Morgan fingerprint density at radius 1 is 0.304 bits per heavy atom. The lowest BCUT2D eigenvalue weighted by Crippen LogP contribution is -2.00. The van der Waals surface area contributed by atoms with Crippen LogP contribution in [0.25, 0.3) is 112 Å². The predicted octanol–water partition coefficient (Wildman–Crippen LogP) is 12.5. The fourth-order valence-corrected chi connectivity index (χ4v) is 7.44. The summed E-state index contributed by atoms with van der Waals surface area (Å²) in [6.07, 6.45) is 0. The molecule has 0 saturated carbocycles. The lowest BCUT2D eigenvalue weighted by molar-refractivity contribution is 0.667. The van der Waals surface area contributed by atoms with Crippen molar-refractivity contribution in [2.24, 2.45) is 0 Å². The molecule has 0 saturated heterocycles. The summed E-state index contributed by atoms with van der Waals surface area (Å²) in [5.74, 6) is 2.27. The second kappa shape index (κ2) is 13.0. The minimum atomic E-state index is 0.525. The first-order valence-electron chi connectivity index (χ1n) is 18.4. The van der Waals surface area contributed by atoms with Crippen LogP contribution in [-0.4, -0.2) is 24.9 Å². The number of para-hydroxylation sites is 2. The summed E-state index contributed by atoms with van der Waals surface area (Å²) in [6.45, 7) is 0. The molecule has 7 aromatic carbocycles. The van der Waals surface area contributed by atoms with E-state index in [-0.39, 0.29) is 0 Å². The quantitative estimate of drug-likeness (QED) is 0.169. The van der Waals surface area contributed by atoms with E-state index in [0.717, 1.165) is 71.9 Å². The standard InChI is InChI=1S/C49H29N5O2/c1-4-14-30(15-5-1)33-20-12-21-34(28-33)48-52-46(32-18-8-3-9-19-32)53-49(54-48)39-24-13-23-37-36-27-26-35(29-41(36)56-44(37)39)47-50-42(31-16-6-2-7-17-31)45-43(51-47)38-22-10-11-25-40(38)55-45/h1-29H. The molecule has 0 aliphatic heterocycles. The number of rotatable bonds is 6. The van der Waals surface area contributed by atoms with E-state index < -0.39 is 0 Å². The van der Waals surface area contributed by atoms with E-state index in [4.69, 9.17) is 33.8 Å². The number of hydrogen-bond donors (Lipinski definition) is 0. The third-order valence-corrected chi connectivity index (χ3v) is 10.2. The molecular formula is C49H29N5O2. The molecule has 0 aliphatic rings. The van der Waals surface area contributed by atoms with E-state index in [1.165, 1.54) is 0 Å². The Balaban J connectivity index is 1.07. The van der Waals surface area contributed by atoms with Crippen molar-refractivity contribution in [3.05, 3.63) is 176 Å². The first-order valence-corrected chi connectivity index (χ1v) is 18.4. The van der Waals surface area contributed by atoms with Gasteiger partial charge in [0.25, 0.3) is 0 Å². The summed E-state index contributed by atoms with van der Waals surface area (Å²) in [5, 5.41) is 2.87. The van der Waals surface area contributed by atoms with Crippen LogP contribution in [-0.2, 0) is 0 Å². The van der Waals surface area contributed by atoms with Crippen LogP contribution in [0.2, 0.25) is 0 Å². The van der Waals surface area contributed by atoms with Gasteiger partial charge < -0.3 is 8.83 Å². The van der Waals surface area contributed by atoms with Gasteiger partial charge in [-0.1, -0.05) is 140 Å². The van der Waals surface area contributed by atoms with E-state index in [1.807, 2.05) is 133 Å². The molecule has 0 spiro atoms. The van der Waals surface area contributed by atoms with Gasteiger partial charge in [0.15, 0.2) is 28.9 Å². The van der Waals surface area contributed by atoms with Gasteiger partial charge in [0, 0.05) is 38.4 Å². The van der Waals surface area contributed by atoms with Crippen LogP contribution in [0.15, 0.2) is 185 Å². The molecule has 0 radical (unpaired) electrons. The predicted molar refractivity (Wildman–Crippen MR) is 223 cm³/mol. The van der Waals surface area contributed by atoms with Gasteiger partial charge in [0.1, 0.15) is 28.0 Å². The lowest BCUT2D eigenvalue weighted by Gasteiger charge is -2.10. The zero-order valence-electron chi connectivity index (χ0n) is 29.8. The fraction of sp³-hybridized carbons (Fsp3) is 0. The summed E-state index contributed by atoms with van der Waals surface area (Å²) >= 11 is 0. The van der Waals surface area contributed by atoms with Crippen molar-refractivity contribution in [3.8, 4) is 67.9 Å². The molecule has 4 heterocycles. The van der Waals surface area contributed by atoms with E-state index in [2.05, 4.69) is 42.5 Å². The highest BCUT2D eigenvalue weighted by Gasteiger charge is 2.21. The van der Waals surface area contributed by atoms with Gasteiger partial charge >= 0.3 is 0 Å². The summed E-state index contributed by atoms with van der Waals surface area (Å²) in [6, 6.07) is 58.9. The molecule has 0 atom stereocenters. The van der Waals surface area contributed by atoms with Gasteiger partial charge in [-0.25, -0.2) is 24.9 Å². The van der Waals surface area contributed by atoms with Gasteiger partial charge in [-0.15, -0.1) is 0 Å². The highest BCUT2D eigenvalue weighted by atomic mass is 16.3. The SMILES string of the molecule is c1ccc(-c2cccc(-c3nc(-c4ccccc4)nc(-c4cccc5c4oc4cc(-c6nc(-c7ccccc7)c7oc8ccccc8c7n6)ccc45)n3)c2)cc1. The number of furan rings is 2. The molecule has 11 aromatic rings. The first-order chi connectivity index (χ1) is 27.7. The second-order valence-corrected chi connectivity index (χ2v) is 13.7. The third-order valence-electron chi connectivity index (χ3n) is 10.2. The van der Waals surface area contributed by atoms with Gasteiger partial charge in [0.2, 0.25) is 0 Å². The van der Waals surface area contributed by atoms with E-state index in [0.29, 0.717) is 40.0 Å². The smallest absolute Gasteiger partial charge is 0.180 e. The van der Waals surface area contributed by atoms with Crippen molar-refractivity contribution in [1.29, 1.82) is 0 Å². The Morgan fingerprint density at radius 3 is 1.68 bits per heavy atom. The van der Waals surface area contributed by atoms with Crippen LogP contribution in [0.1, 0.15) is 0 Å². The maximum absolute atomic E-state index is 6.75. The van der Waals surface area contributed by atoms with Gasteiger partial charge in [-0.3, -0.25) is 0 Å². The van der Waals surface area contributed by atoms with Crippen LogP contribution >= 0.6 is 0 Å². The molecule has 7 heteroatoms. The molecule has 0 amide bonds. The van der Waals surface area contributed by atoms with E-state index in [9.17, 15) is 0 Å². The van der Waals surface area contributed by atoms with Crippen LogP contribution in [0.4, 0.5) is 0 Å². The van der Waals surface area contributed by atoms with Crippen LogP contribution in [0.5, 0.6) is 0 Å². The maximum Gasteiger partial charge on any atom is 0.180 e. The third kappa shape index (κ3) is 5.41. The summed E-state index contributed by atoms with van der Waals surface area (Å²) in [7, 11) is 0. The number of fused-ring (bicyclic) bond motifs is 6. The molecule has 7 nitrogen and oxygen atoms in total. The van der Waals surface area contributed by atoms with Crippen LogP contribution in [0.3, 0.4) is 0 Å². The van der Waals surface area contributed by atoms with Crippen molar-refractivity contribution in [2.75, 3.05) is 0 Å². The molecular weight excluding hydrogens is 691 g/mol. The maximum atomic E-state index is 6.75. The zero-order valence-corrected chi connectivity index (χ0v) is 29.8. The Hall–Kier alpha value is -7.77. The zero-order chi connectivity index (χ0) is 37.0. The van der Waals surface area contributed by atoms with Crippen molar-refractivity contribution in [3.63, 3.8) is 0 Å². The fourth-order valence-electron chi connectivity index (χ4n) is 7.44. The second-order valence-electron chi connectivity index (χ2n) is 13.7. The van der Waals surface area contributed by atoms with Crippen molar-refractivity contribution in [2.45, 2.75) is 0 Å². The van der Waals surface area contributed by atoms with Crippen molar-refractivity contribution in [1.82, 2.24) is 24.9 Å². The molecule has 0 unspecified atom stereocenters. The molecule has 262 valence electrons. The first kappa shape index (κ1) is 31.7. The largest absolute Gasteiger partial charge is 0.455 e. The number of aromatic nitrogens is 5. The van der Waals surface area contributed by atoms with Crippen LogP contribution < -0.4 is 0 Å². The van der Waals surface area contributed by atoms with Gasteiger partial charge in [0.05, 0.1) is 5.56 Å². The van der Waals surface area contributed by atoms with Crippen molar-refractivity contribution < 1.29 is 8.83 Å². The average molecular weight is 720 g/mol. The van der Waals surface area contributed by atoms with E-state index >= 15 is 0 Å². The minimum absolute atomic E-state index is 0.525.